The Kier molecular flexibility index (Phi) is 6.05. The van der Waals surface area contributed by atoms with Crippen molar-refractivity contribution < 1.29 is 9.53 Å². The van der Waals surface area contributed by atoms with Crippen LogP contribution in [-0.2, 0) is 11.2 Å². The first-order valence-corrected chi connectivity index (χ1v) is 7.92. The topological polar surface area (TPSA) is 55.6 Å². The zero-order chi connectivity index (χ0) is 15.1. The number of likely N-dealkylation sites (tertiary alicyclic amines) is 1. The fourth-order valence-electron chi connectivity index (χ4n) is 2.63. The molecule has 1 aliphatic rings. The van der Waals surface area contributed by atoms with Gasteiger partial charge in [-0.25, -0.2) is 0 Å². The Hall–Kier alpha value is -1.55. The summed E-state index contributed by atoms with van der Waals surface area (Å²) in [6.07, 6.45) is 3.42. The number of nitrogens with two attached hydrogens (primary N) is 1. The number of rotatable bonds is 7. The molecule has 1 amide bonds. The van der Waals surface area contributed by atoms with Gasteiger partial charge in [-0.15, -0.1) is 0 Å². The highest BCUT2D eigenvalue weighted by Crippen LogP contribution is 2.17. The molecule has 0 aromatic heterocycles. The van der Waals surface area contributed by atoms with Gasteiger partial charge in [-0.1, -0.05) is 19.1 Å². The second-order valence-corrected chi connectivity index (χ2v) is 5.72. The molecule has 1 aliphatic heterocycles. The highest BCUT2D eigenvalue weighted by molar-refractivity contribution is 5.76. The maximum atomic E-state index is 12.1. The summed E-state index contributed by atoms with van der Waals surface area (Å²) in [5.41, 5.74) is 6.84. The smallest absolute Gasteiger partial charge is 0.222 e. The van der Waals surface area contributed by atoms with Crippen molar-refractivity contribution in [2.24, 2.45) is 11.7 Å². The molecule has 2 N–H and O–H groups in total. The van der Waals surface area contributed by atoms with Crippen molar-refractivity contribution in [2.75, 3.05) is 26.2 Å². The maximum Gasteiger partial charge on any atom is 0.222 e. The Labute approximate surface area is 127 Å². The van der Waals surface area contributed by atoms with Crippen LogP contribution in [0.5, 0.6) is 5.75 Å². The molecule has 21 heavy (non-hydrogen) atoms. The third-order valence-electron chi connectivity index (χ3n) is 4.00. The molecule has 1 aromatic rings. The number of nitrogens with zero attached hydrogens (tertiary/aromatic N) is 1. The van der Waals surface area contributed by atoms with E-state index in [4.69, 9.17) is 10.5 Å². The van der Waals surface area contributed by atoms with E-state index >= 15 is 0 Å². The van der Waals surface area contributed by atoms with Crippen LogP contribution in [0.4, 0.5) is 0 Å². The van der Waals surface area contributed by atoms with Crippen molar-refractivity contribution in [1.82, 2.24) is 4.90 Å². The first kappa shape index (κ1) is 15.8. The summed E-state index contributed by atoms with van der Waals surface area (Å²) >= 11 is 0. The fraction of sp³-hybridized carbons (Fsp3) is 0.588. The molecule has 0 radical (unpaired) electrons. The van der Waals surface area contributed by atoms with Crippen LogP contribution >= 0.6 is 0 Å². The Morgan fingerprint density at radius 2 is 2.14 bits per heavy atom. The van der Waals surface area contributed by atoms with Gasteiger partial charge in [0.2, 0.25) is 5.91 Å². The van der Waals surface area contributed by atoms with E-state index in [1.165, 1.54) is 5.56 Å². The van der Waals surface area contributed by atoms with Crippen molar-refractivity contribution in [1.29, 1.82) is 0 Å². The van der Waals surface area contributed by atoms with E-state index in [-0.39, 0.29) is 5.91 Å². The minimum Gasteiger partial charge on any atom is -0.494 e. The SMILES string of the molecule is CCCOc1ccc(CCC(=O)N2CCC(CN)C2)cc1. The molecule has 0 bridgehead atoms. The number of benzene rings is 1. The van der Waals surface area contributed by atoms with Crippen molar-refractivity contribution in [3.63, 3.8) is 0 Å². The van der Waals surface area contributed by atoms with Gasteiger partial charge in [-0.2, -0.15) is 0 Å². The number of carbonyl (C=O) groups is 1. The summed E-state index contributed by atoms with van der Waals surface area (Å²) in [5.74, 6) is 1.64. The van der Waals surface area contributed by atoms with E-state index in [9.17, 15) is 4.79 Å². The monoisotopic (exact) mass is 290 g/mol. The lowest BCUT2D eigenvalue weighted by molar-refractivity contribution is -0.130. The summed E-state index contributed by atoms with van der Waals surface area (Å²) in [5, 5.41) is 0. The first-order chi connectivity index (χ1) is 10.2. The van der Waals surface area contributed by atoms with Crippen molar-refractivity contribution in [3.8, 4) is 5.75 Å². The standard InChI is InChI=1S/C17H26N2O2/c1-2-11-21-16-6-3-14(4-7-16)5-8-17(20)19-10-9-15(12-18)13-19/h3-4,6-7,15H,2,5,8-13,18H2,1H3. The molecule has 1 fully saturated rings. The predicted octanol–water partition coefficient (Wildman–Crippen LogP) is 2.22. The lowest BCUT2D eigenvalue weighted by Crippen LogP contribution is -2.29. The van der Waals surface area contributed by atoms with E-state index in [1.54, 1.807) is 0 Å². The average molecular weight is 290 g/mol. The minimum atomic E-state index is 0.247. The number of hydrogen-bond acceptors (Lipinski definition) is 3. The molecule has 1 heterocycles. The van der Waals surface area contributed by atoms with Crippen molar-refractivity contribution >= 4 is 5.91 Å². The minimum absolute atomic E-state index is 0.247. The van der Waals surface area contributed by atoms with Gasteiger partial charge < -0.3 is 15.4 Å². The van der Waals surface area contributed by atoms with E-state index in [1.807, 2.05) is 29.2 Å². The van der Waals surface area contributed by atoms with Gasteiger partial charge in [0, 0.05) is 19.5 Å². The number of ether oxygens (including phenoxy) is 1. The van der Waals surface area contributed by atoms with Crippen LogP contribution in [0.2, 0.25) is 0 Å². The van der Waals surface area contributed by atoms with Crippen LogP contribution in [0.15, 0.2) is 24.3 Å². The van der Waals surface area contributed by atoms with Crippen molar-refractivity contribution in [3.05, 3.63) is 29.8 Å². The van der Waals surface area contributed by atoms with Crippen LogP contribution in [0.25, 0.3) is 0 Å². The molecule has 116 valence electrons. The molecule has 4 heteroatoms. The molecule has 1 unspecified atom stereocenters. The zero-order valence-corrected chi connectivity index (χ0v) is 12.9. The second-order valence-electron chi connectivity index (χ2n) is 5.72. The van der Waals surface area contributed by atoms with E-state index in [0.29, 0.717) is 18.9 Å². The van der Waals surface area contributed by atoms with Crippen LogP contribution in [0.3, 0.4) is 0 Å². The third-order valence-corrected chi connectivity index (χ3v) is 4.00. The average Bonchev–Trinajstić information content (AvgIpc) is 3.00. The molecule has 1 atom stereocenters. The van der Waals surface area contributed by atoms with Gasteiger partial charge in [-0.3, -0.25) is 4.79 Å². The number of aryl methyl sites for hydroxylation is 1. The Morgan fingerprint density at radius 1 is 1.38 bits per heavy atom. The van der Waals surface area contributed by atoms with E-state index < -0.39 is 0 Å². The zero-order valence-electron chi connectivity index (χ0n) is 12.9. The summed E-state index contributed by atoms with van der Waals surface area (Å²) in [6.45, 7) is 5.22. The van der Waals surface area contributed by atoms with E-state index in [0.717, 1.165) is 44.7 Å². The van der Waals surface area contributed by atoms with Crippen LogP contribution in [0, 0.1) is 5.92 Å². The van der Waals surface area contributed by atoms with Crippen LogP contribution in [0.1, 0.15) is 31.7 Å². The molecule has 0 spiro atoms. The summed E-state index contributed by atoms with van der Waals surface area (Å²) in [6, 6.07) is 8.06. The Balaban J connectivity index is 1.76. The molecular formula is C17H26N2O2. The van der Waals surface area contributed by atoms with E-state index in [2.05, 4.69) is 6.92 Å². The summed E-state index contributed by atoms with van der Waals surface area (Å²) in [7, 11) is 0. The molecule has 1 saturated heterocycles. The summed E-state index contributed by atoms with van der Waals surface area (Å²) < 4.78 is 5.55. The lowest BCUT2D eigenvalue weighted by Gasteiger charge is -2.16. The Bertz CT molecular complexity index is 445. The number of carbonyl (C=O) groups excluding carboxylic acids is 1. The van der Waals surface area contributed by atoms with Crippen molar-refractivity contribution in [2.45, 2.75) is 32.6 Å². The molecule has 0 aliphatic carbocycles. The Morgan fingerprint density at radius 3 is 2.76 bits per heavy atom. The molecule has 4 nitrogen and oxygen atoms in total. The van der Waals surface area contributed by atoms with Gasteiger partial charge in [0.25, 0.3) is 0 Å². The molecule has 1 aromatic carbocycles. The summed E-state index contributed by atoms with van der Waals surface area (Å²) in [4.78, 5) is 14.1. The van der Waals surface area contributed by atoms with Crippen LogP contribution < -0.4 is 10.5 Å². The van der Waals surface area contributed by atoms with Gasteiger partial charge in [0.15, 0.2) is 0 Å². The molecule has 2 rings (SSSR count). The molecule has 0 saturated carbocycles. The van der Waals surface area contributed by atoms with Gasteiger partial charge in [-0.05, 0) is 49.4 Å². The third kappa shape index (κ3) is 4.74. The second kappa shape index (κ2) is 8.03. The predicted molar refractivity (Wildman–Crippen MR) is 84.3 cm³/mol. The van der Waals surface area contributed by atoms with Gasteiger partial charge in [0.05, 0.1) is 6.61 Å². The highest BCUT2D eigenvalue weighted by Gasteiger charge is 2.24. The van der Waals surface area contributed by atoms with Gasteiger partial charge >= 0.3 is 0 Å². The number of hydrogen-bond donors (Lipinski definition) is 1. The van der Waals surface area contributed by atoms with Crippen LogP contribution in [-0.4, -0.2) is 37.0 Å². The van der Waals surface area contributed by atoms with Gasteiger partial charge in [0.1, 0.15) is 5.75 Å². The first-order valence-electron chi connectivity index (χ1n) is 7.92. The quantitative estimate of drug-likeness (QED) is 0.837. The fourth-order valence-corrected chi connectivity index (χ4v) is 2.63. The highest BCUT2D eigenvalue weighted by atomic mass is 16.5. The molecular weight excluding hydrogens is 264 g/mol. The normalized spacial score (nSPS) is 18.0. The lowest BCUT2D eigenvalue weighted by atomic mass is 10.1. The number of amides is 1. The maximum absolute atomic E-state index is 12.1. The largest absolute Gasteiger partial charge is 0.494 e.